The van der Waals surface area contributed by atoms with Crippen LogP contribution in [0.2, 0.25) is 0 Å². The second kappa shape index (κ2) is 3.01. The van der Waals surface area contributed by atoms with E-state index in [-0.39, 0.29) is 16.3 Å². The molecule has 1 rings (SSSR count). The fraction of sp³-hybridized carbons (Fsp3) is 0.143. The van der Waals surface area contributed by atoms with Crippen molar-refractivity contribution in [1.82, 2.24) is 0 Å². The molecule has 0 heterocycles. The third kappa shape index (κ3) is 1.48. The maximum atomic E-state index is 13.0. The number of hydrogen-bond acceptors (Lipinski definition) is 1. The zero-order valence-electron chi connectivity index (χ0n) is 8.16. The molecule has 0 bridgehead atoms. The summed E-state index contributed by atoms with van der Waals surface area (Å²) in [7, 11) is 1.30. The summed E-state index contributed by atoms with van der Waals surface area (Å²) in [6.45, 7) is 0. The summed E-state index contributed by atoms with van der Waals surface area (Å²) in [6, 6.07) is -1.44. The molecule has 0 N–H and O–H groups in total. The second-order valence-corrected chi connectivity index (χ2v) is 2.33. The van der Waals surface area contributed by atoms with Crippen LogP contribution < -0.4 is 4.74 Å². The normalized spacial score (nSPS) is 13.7. The molecule has 0 aliphatic rings. The lowest BCUT2D eigenvalue weighted by molar-refractivity contribution is 0.411. The average Bonchev–Trinajstić information content (AvgIpc) is 2.13. The van der Waals surface area contributed by atoms with Gasteiger partial charge >= 0.3 is 0 Å². The molecule has 0 aromatic heterocycles. The summed E-state index contributed by atoms with van der Waals surface area (Å²) < 4.78 is 39.5. The van der Waals surface area contributed by atoms with E-state index in [0.29, 0.717) is 0 Å². The SMILES string of the molecule is [2H]c1c([2H])c(OC)c(Br)c([2H])c1F. The van der Waals surface area contributed by atoms with Gasteiger partial charge in [-0.1, -0.05) is 0 Å². The van der Waals surface area contributed by atoms with Crippen molar-refractivity contribution in [3.63, 3.8) is 0 Å². The summed E-state index contributed by atoms with van der Waals surface area (Å²) in [5, 5.41) is 0. The van der Waals surface area contributed by atoms with Crippen LogP contribution in [0.3, 0.4) is 0 Å². The average molecular weight is 208 g/mol. The van der Waals surface area contributed by atoms with Gasteiger partial charge in [-0.2, -0.15) is 0 Å². The highest BCUT2D eigenvalue weighted by molar-refractivity contribution is 9.10. The molecule has 0 saturated heterocycles. The van der Waals surface area contributed by atoms with E-state index < -0.39 is 17.9 Å². The molecule has 0 fully saturated rings. The van der Waals surface area contributed by atoms with E-state index in [2.05, 4.69) is 15.9 Å². The number of ether oxygens (including phenoxy) is 1. The van der Waals surface area contributed by atoms with Crippen LogP contribution >= 0.6 is 15.9 Å². The van der Waals surface area contributed by atoms with Crippen molar-refractivity contribution in [2.24, 2.45) is 0 Å². The van der Waals surface area contributed by atoms with E-state index in [1.54, 1.807) is 0 Å². The summed E-state index contributed by atoms with van der Waals surface area (Å²) in [5.74, 6) is -1.01. The minimum atomic E-state index is -1.02. The molecule has 1 nitrogen and oxygen atoms in total. The van der Waals surface area contributed by atoms with Gasteiger partial charge in [-0.25, -0.2) is 4.39 Å². The Kier molecular flexibility index (Phi) is 1.31. The molecule has 0 saturated carbocycles. The zero-order chi connectivity index (χ0) is 10.2. The minimum absolute atomic E-state index is 0.0106. The smallest absolute Gasteiger partial charge is 0.133 e. The lowest BCUT2D eigenvalue weighted by Crippen LogP contribution is -1.84. The monoisotopic (exact) mass is 207 g/mol. The third-order valence-corrected chi connectivity index (χ3v) is 1.47. The van der Waals surface area contributed by atoms with Crippen LogP contribution in [0.25, 0.3) is 0 Å². The van der Waals surface area contributed by atoms with Crippen molar-refractivity contribution in [2.75, 3.05) is 7.11 Å². The van der Waals surface area contributed by atoms with Crippen LogP contribution in [-0.2, 0) is 0 Å². The Bertz CT molecular complexity index is 327. The lowest BCUT2D eigenvalue weighted by atomic mass is 10.3. The maximum absolute atomic E-state index is 13.0. The van der Waals surface area contributed by atoms with Crippen LogP contribution in [0.1, 0.15) is 4.11 Å². The number of methoxy groups -OCH3 is 1. The fourth-order valence-electron chi connectivity index (χ4n) is 0.492. The van der Waals surface area contributed by atoms with E-state index in [9.17, 15) is 4.39 Å². The van der Waals surface area contributed by atoms with Gasteiger partial charge in [0.05, 0.1) is 15.7 Å². The Balaban J connectivity index is 3.56. The van der Waals surface area contributed by atoms with E-state index in [4.69, 9.17) is 8.85 Å². The topological polar surface area (TPSA) is 9.23 Å². The number of benzene rings is 1. The molecule has 1 aromatic carbocycles. The zero-order valence-corrected chi connectivity index (χ0v) is 6.75. The Labute approximate surface area is 71.2 Å². The highest BCUT2D eigenvalue weighted by atomic mass is 79.9. The first-order chi connectivity index (χ1) is 6.00. The van der Waals surface area contributed by atoms with Crippen molar-refractivity contribution >= 4 is 15.9 Å². The highest BCUT2D eigenvalue weighted by Gasteiger charge is 1.98. The van der Waals surface area contributed by atoms with Gasteiger partial charge < -0.3 is 4.74 Å². The van der Waals surface area contributed by atoms with Crippen LogP contribution in [0.4, 0.5) is 4.39 Å². The molecule has 0 aliphatic carbocycles. The molecule has 0 atom stereocenters. The van der Waals surface area contributed by atoms with Crippen LogP contribution in [0.5, 0.6) is 5.75 Å². The molecular weight excluding hydrogens is 199 g/mol. The van der Waals surface area contributed by atoms with Gasteiger partial charge in [0.2, 0.25) is 0 Å². The first kappa shape index (κ1) is 4.34. The van der Waals surface area contributed by atoms with E-state index in [1.165, 1.54) is 7.11 Å². The Morgan fingerprint density at radius 1 is 1.70 bits per heavy atom. The first-order valence-corrected chi connectivity index (χ1v) is 3.28. The summed E-state index contributed by atoms with van der Waals surface area (Å²) in [6.07, 6.45) is 0. The summed E-state index contributed by atoms with van der Waals surface area (Å²) in [4.78, 5) is 0. The molecule has 0 amide bonds. The van der Waals surface area contributed by atoms with Crippen LogP contribution in [0, 0.1) is 5.82 Å². The molecule has 1 aromatic rings. The van der Waals surface area contributed by atoms with Crippen LogP contribution in [-0.4, -0.2) is 7.11 Å². The van der Waals surface area contributed by atoms with Gasteiger partial charge in [-0.15, -0.1) is 0 Å². The largest absolute Gasteiger partial charge is 0.496 e. The number of rotatable bonds is 1. The van der Waals surface area contributed by atoms with Crippen LogP contribution in [0.15, 0.2) is 22.6 Å². The Hall–Kier alpha value is -0.570. The quantitative estimate of drug-likeness (QED) is 0.689. The van der Waals surface area contributed by atoms with Gasteiger partial charge in [0, 0.05) is 0 Å². The highest BCUT2D eigenvalue weighted by Crippen LogP contribution is 2.24. The van der Waals surface area contributed by atoms with Gasteiger partial charge in [0.25, 0.3) is 0 Å². The minimum Gasteiger partial charge on any atom is -0.496 e. The predicted molar refractivity (Wildman–Crippen MR) is 40.7 cm³/mol. The van der Waals surface area contributed by atoms with Gasteiger partial charge in [-0.05, 0) is 34.1 Å². The molecule has 0 radical (unpaired) electrons. The molecular formula is C7H6BrFO. The van der Waals surface area contributed by atoms with Gasteiger partial charge in [0.15, 0.2) is 0 Å². The third-order valence-electron chi connectivity index (χ3n) is 0.909. The molecule has 0 aliphatic heterocycles. The predicted octanol–water partition coefficient (Wildman–Crippen LogP) is 2.60. The summed E-state index contributed by atoms with van der Waals surface area (Å²) in [5.41, 5.74) is 0. The Morgan fingerprint density at radius 3 is 3.00 bits per heavy atom. The first-order valence-electron chi connectivity index (χ1n) is 3.99. The second-order valence-electron chi connectivity index (χ2n) is 1.54. The van der Waals surface area contributed by atoms with Crippen molar-refractivity contribution in [3.8, 4) is 5.75 Å². The van der Waals surface area contributed by atoms with Gasteiger partial charge in [0.1, 0.15) is 11.6 Å². The van der Waals surface area contributed by atoms with Crippen molar-refractivity contribution in [1.29, 1.82) is 0 Å². The maximum Gasteiger partial charge on any atom is 0.133 e. The molecule has 54 valence electrons. The molecule has 10 heavy (non-hydrogen) atoms. The summed E-state index contributed by atoms with van der Waals surface area (Å²) >= 11 is 2.92. The van der Waals surface area contributed by atoms with E-state index in [0.717, 1.165) is 0 Å². The standard InChI is InChI=1S/C7H6BrFO/c1-10-7-3-2-5(9)4-6(7)8/h2-4H,1H3/i2D,3D,4D. The van der Waals surface area contributed by atoms with E-state index in [1.807, 2.05) is 0 Å². The molecule has 3 heteroatoms. The Morgan fingerprint density at radius 2 is 2.40 bits per heavy atom. The fourth-order valence-corrected chi connectivity index (χ4v) is 0.927. The number of halogens is 2. The lowest BCUT2D eigenvalue weighted by Gasteiger charge is -2.00. The molecule has 0 spiro atoms. The van der Waals surface area contributed by atoms with Crippen molar-refractivity contribution < 1.29 is 13.2 Å². The number of hydrogen-bond donors (Lipinski definition) is 0. The van der Waals surface area contributed by atoms with E-state index >= 15 is 0 Å². The molecule has 0 unspecified atom stereocenters. The van der Waals surface area contributed by atoms with Crippen molar-refractivity contribution in [2.45, 2.75) is 0 Å². The van der Waals surface area contributed by atoms with Gasteiger partial charge in [-0.3, -0.25) is 0 Å². The van der Waals surface area contributed by atoms with Crippen molar-refractivity contribution in [3.05, 3.63) is 28.4 Å².